The van der Waals surface area contributed by atoms with Gasteiger partial charge in [0.15, 0.2) is 0 Å². The van der Waals surface area contributed by atoms with Gasteiger partial charge in [-0.2, -0.15) is 13.2 Å². The topological polar surface area (TPSA) is 220 Å². The minimum absolute atomic E-state index is 0.00708. The number of ether oxygens (including phenoxy) is 2. The molecule has 5 atom stereocenters. The SMILES string of the molecule is COC(=O)[C@H](OC(=O)C(F)(F)F)[C@H](Br)C(=O)NCC(=O)NCCNC(=O)[C@@H](N)CCNC(=O)[C@@H](O)[C@@H](c1cc(-c2cc(F)ccc2F)cn1Cc1ccccc1)C(C)(C)C. The third-order valence-electron chi connectivity index (χ3n) is 8.88. The Morgan fingerprint density at radius 1 is 0.867 bits per heavy atom. The van der Waals surface area contributed by atoms with Crippen molar-refractivity contribution in [3.63, 3.8) is 0 Å². The van der Waals surface area contributed by atoms with Gasteiger partial charge < -0.3 is 46.1 Å². The summed E-state index contributed by atoms with van der Waals surface area (Å²) in [7, 11) is 0.786. The van der Waals surface area contributed by atoms with Gasteiger partial charge in [-0.3, -0.25) is 19.2 Å². The van der Waals surface area contributed by atoms with Crippen LogP contribution in [0.5, 0.6) is 0 Å². The lowest BCUT2D eigenvalue weighted by atomic mass is 9.74. The molecule has 60 heavy (non-hydrogen) atoms. The number of aromatic nitrogens is 1. The first-order valence-corrected chi connectivity index (χ1v) is 19.2. The van der Waals surface area contributed by atoms with Gasteiger partial charge in [-0.15, -0.1) is 0 Å². The molecule has 0 fully saturated rings. The summed E-state index contributed by atoms with van der Waals surface area (Å²) in [6.45, 7) is 4.63. The second-order valence-electron chi connectivity index (χ2n) is 14.5. The number of carbonyl (C=O) groups excluding carboxylic acids is 6. The molecule has 0 saturated carbocycles. The monoisotopic (exact) mass is 916 g/mol. The van der Waals surface area contributed by atoms with Crippen molar-refractivity contribution in [1.82, 2.24) is 25.8 Å². The molecule has 1 aromatic heterocycles. The van der Waals surface area contributed by atoms with Crippen molar-refractivity contribution in [2.75, 3.05) is 33.3 Å². The lowest BCUT2D eigenvalue weighted by Gasteiger charge is -2.35. The zero-order chi connectivity index (χ0) is 44.9. The Kier molecular flexibility index (Phi) is 17.7. The molecule has 0 radical (unpaired) electrons. The molecule has 0 aliphatic carbocycles. The molecule has 21 heteroatoms. The summed E-state index contributed by atoms with van der Waals surface area (Å²) >= 11 is 2.67. The van der Waals surface area contributed by atoms with E-state index in [4.69, 9.17) is 5.73 Å². The zero-order valence-electron chi connectivity index (χ0n) is 32.9. The summed E-state index contributed by atoms with van der Waals surface area (Å²) in [5, 5.41) is 21.0. The van der Waals surface area contributed by atoms with Crippen LogP contribution in [0.1, 0.15) is 44.4 Å². The predicted octanol–water partition coefficient (Wildman–Crippen LogP) is 2.57. The van der Waals surface area contributed by atoms with E-state index in [9.17, 15) is 55.8 Å². The van der Waals surface area contributed by atoms with Crippen LogP contribution < -0.4 is 27.0 Å². The normalized spacial score (nSPS) is 14.1. The molecule has 328 valence electrons. The highest BCUT2D eigenvalue weighted by Gasteiger charge is 2.46. The molecule has 0 aliphatic heterocycles. The van der Waals surface area contributed by atoms with Crippen LogP contribution in [0.25, 0.3) is 11.1 Å². The van der Waals surface area contributed by atoms with Gasteiger partial charge in [0, 0.05) is 55.1 Å². The number of aliphatic hydroxyl groups is 1. The zero-order valence-corrected chi connectivity index (χ0v) is 34.5. The first-order valence-electron chi connectivity index (χ1n) is 18.3. The Hall–Kier alpha value is -5.41. The molecule has 3 rings (SSSR count). The molecule has 15 nitrogen and oxygen atoms in total. The van der Waals surface area contributed by atoms with Crippen LogP contribution in [-0.4, -0.2) is 108 Å². The Bertz CT molecular complexity index is 1990. The van der Waals surface area contributed by atoms with E-state index in [0.29, 0.717) is 17.8 Å². The van der Waals surface area contributed by atoms with Crippen molar-refractivity contribution in [1.29, 1.82) is 0 Å². The van der Waals surface area contributed by atoms with Crippen molar-refractivity contribution in [2.24, 2.45) is 11.1 Å². The van der Waals surface area contributed by atoms with Gasteiger partial charge in [0.2, 0.25) is 29.7 Å². The number of benzene rings is 2. The first-order chi connectivity index (χ1) is 28.0. The number of halogens is 6. The average Bonchev–Trinajstić information content (AvgIpc) is 3.58. The van der Waals surface area contributed by atoms with E-state index in [2.05, 4.69) is 41.4 Å². The maximum atomic E-state index is 14.9. The highest BCUT2D eigenvalue weighted by molar-refractivity contribution is 9.10. The highest BCUT2D eigenvalue weighted by Crippen LogP contribution is 2.41. The summed E-state index contributed by atoms with van der Waals surface area (Å²) in [6, 6.07) is 12.9. The summed E-state index contributed by atoms with van der Waals surface area (Å²) in [4.78, 5) is 71.6. The van der Waals surface area contributed by atoms with E-state index in [1.54, 1.807) is 16.8 Å². The Labute approximate surface area is 350 Å². The standard InChI is InChI=1S/C39H46BrF5N6O9/c1-38(2,3)29(27-16-22(24-17-23(41)10-11-25(24)42)20-51(27)19-21-8-6-5-7-9-21)31(53)35(56)48-13-12-26(46)33(54)49-15-14-47-28(52)18-50-34(55)30(40)32(36(57)59-4)60-37(58)39(43,44)45/h5-11,16-17,20,26,29-32,53H,12-15,18-19,46H2,1-4H3,(H,47,52)(H,48,56)(H,49,54)(H,50,55)/t26-,29+,30-,31-,32+/m0/s1. The van der Waals surface area contributed by atoms with Gasteiger partial charge in [-0.25, -0.2) is 18.4 Å². The third-order valence-corrected chi connectivity index (χ3v) is 9.77. The van der Waals surface area contributed by atoms with E-state index < -0.39 is 94.3 Å². The largest absolute Gasteiger partial charge is 0.490 e. The number of nitrogens with two attached hydrogens (primary N) is 1. The number of rotatable bonds is 19. The van der Waals surface area contributed by atoms with E-state index in [1.165, 1.54) is 0 Å². The van der Waals surface area contributed by atoms with Crippen molar-refractivity contribution >= 4 is 51.5 Å². The maximum absolute atomic E-state index is 14.9. The number of methoxy groups -OCH3 is 1. The quantitative estimate of drug-likeness (QED) is 0.0447. The number of esters is 2. The molecule has 0 unspecified atom stereocenters. The average molecular weight is 918 g/mol. The number of nitrogens with zero attached hydrogens (tertiary/aromatic N) is 1. The Morgan fingerprint density at radius 3 is 2.12 bits per heavy atom. The second kappa shape index (κ2) is 21.7. The van der Waals surface area contributed by atoms with Crippen LogP contribution in [0.2, 0.25) is 0 Å². The lowest BCUT2D eigenvalue weighted by molar-refractivity contribution is -0.207. The molecule has 3 aromatic rings. The second-order valence-corrected chi connectivity index (χ2v) is 15.5. The molecule has 0 bridgehead atoms. The number of alkyl halides is 4. The summed E-state index contributed by atoms with van der Waals surface area (Å²) in [5.41, 5.74) is 6.97. The molecule has 7 N–H and O–H groups in total. The number of hydrogen-bond donors (Lipinski definition) is 6. The maximum Gasteiger partial charge on any atom is 0.490 e. The number of hydrogen-bond acceptors (Lipinski definition) is 10. The van der Waals surface area contributed by atoms with E-state index >= 15 is 0 Å². The smallest absolute Gasteiger partial charge is 0.466 e. The van der Waals surface area contributed by atoms with Crippen LogP contribution in [0.15, 0.2) is 60.8 Å². The van der Waals surface area contributed by atoms with Crippen LogP contribution in [0.3, 0.4) is 0 Å². The molecular formula is C39H46BrF5N6O9. The van der Waals surface area contributed by atoms with Gasteiger partial charge in [0.05, 0.1) is 19.7 Å². The van der Waals surface area contributed by atoms with Crippen molar-refractivity contribution in [2.45, 2.75) is 68.9 Å². The highest BCUT2D eigenvalue weighted by atomic mass is 79.9. The Morgan fingerprint density at radius 2 is 1.50 bits per heavy atom. The number of carbonyl (C=O) groups is 6. The molecule has 4 amide bonds. The van der Waals surface area contributed by atoms with Crippen LogP contribution >= 0.6 is 15.9 Å². The van der Waals surface area contributed by atoms with Crippen LogP contribution in [0.4, 0.5) is 22.0 Å². The molecule has 0 aliphatic rings. The summed E-state index contributed by atoms with van der Waals surface area (Å²) in [6.07, 6.45) is -7.84. The van der Waals surface area contributed by atoms with E-state index in [-0.39, 0.29) is 31.6 Å². The lowest BCUT2D eigenvalue weighted by Crippen LogP contribution is -2.49. The van der Waals surface area contributed by atoms with Crippen molar-refractivity contribution < 1.29 is 65.3 Å². The molecular weight excluding hydrogens is 871 g/mol. The molecule has 0 saturated heterocycles. The number of amides is 4. The fraction of sp³-hybridized carbons (Fsp3) is 0.436. The van der Waals surface area contributed by atoms with Crippen molar-refractivity contribution in [3.05, 3.63) is 83.7 Å². The van der Waals surface area contributed by atoms with E-state index in [1.807, 2.05) is 56.4 Å². The Balaban J connectivity index is 1.53. The van der Waals surface area contributed by atoms with Gasteiger partial charge in [-0.1, -0.05) is 67.0 Å². The predicted molar refractivity (Wildman–Crippen MR) is 209 cm³/mol. The third kappa shape index (κ3) is 14.1. The fourth-order valence-electron chi connectivity index (χ4n) is 5.90. The minimum Gasteiger partial charge on any atom is -0.466 e. The molecule has 2 aromatic carbocycles. The van der Waals surface area contributed by atoms with Gasteiger partial charge in [0.25, 0.3) is 0 Å². The summed E-state index contributed by atoms with van der Waals surface area (Å²) < 4.78 is 77.0. The fourth-order valence-corrected chi connectivity index (χ4v) is 6.39. The first kappa shape index (κ1) is 49.0. The summed E-state index contributed by atoms with van der Waals surface area (Å²) in [5.74, 6) is -9.78. The van der Waals surface area contributed by atoms with Gasteiger partial charge >= 0.3 is 18.1 Å². The van der Waals surface area contributed by atoms with E-state index in [0.717, 1.165) is 30.9 Å². The number of aliphatic hydroxyl groups excluding tert-OH is 1. The molecule has 1 heterocycles. The molecule has 0 spiro atoms. The van der Waals surface area contributed by atoms with Crippen LogP contribution in [0, 0.1) is 17.0 Å². The van der Waals surface area contributed by atoms with Crippen LogP contribution in [-0.2, 0) is 44.8 Å². The van der Waals surface area contributed by atoms with Gasteiger partial charge in [0.1, 0.15) is 22.6 Å². The number of nitrogens with one attached hydrogen (secondary N) is 4. The minimum atomic E-state index is -5.46. The van der Waals surface area contributed by atoms with Crippen molar-refractivity contribution in [3.8, 4) is 11.1 Å². The van der Waals surface area contributed by atoms with Gasteiger partial charge in [-0.05, 0) is 41.7 Å².